The first-order valence-electron chi connectivity index (χ1n) is 7.05. The molecule has 2 aromatic heterocycles. The molecule has 0 atom stereocenters. The minimum Gasteiger partial charge on any atom is -0.357 e. The van der Waals surface area contributed by atoms with Crippen LogP contribution in [-0.4, -0.2) is 24.1 Å². The lowest BCUT2D eigenvalue weighted by Gasteiger charge is -2.33. The third kappa shape index (κ3) is 4.06. The van der Waals surface area contributed by atoms with E-state index in [9.17, 15) is 0 Å². The molecule has 3 heterocycles. The number of nitrogens with one attached hydrogen (secondary N) is 1. The van der Waals surface area contributed by atoms with Crippen LogP contribution in [0.5, 0.6) is 0 Å². The summed E-state index contributed by atoms with van der Waals surface area (Å²) >= 11 is 8.87. The second-order valence-corrected chi connectivity index (χ2v) is 8.47. The largest absolute Gasteiger partial charge is 0.357 e. The molecule has 0 unspecified atom stereocenters. The summed E-state index contributed by atoms with van der Waals surface area (Å²) in [4.78, 5) is 8.16. The number of anilines is 1. The van der Waals surface area contributed by atoms with E-state index in [2.05, 4.69) is 65.3 Å². The van der Waals surface area contributed by atoms with E-state index in [1.54, 1.807) is 11.3 Å². The Morgan fingerprint density at radius 2 is 2.10 bits per heavy atom. The number of nitrogens with zero attached hydrogens (tertiary/aromatic N) is 2. The van der Waals surface area contributed by atoms with Crippen LogP contribution in [0.2, 0.25) is 0 Å². The smallest absolute Gasteiger partial charge is 0.128 e. The number of pyridine rings is 1. The highest BCUT2D eigenvalue weighted by Crippen LogP contribution is 2.32. The first-order chi connectivity index (χ1) is 10.2. The van der Waals surface area contributed by atoms with Crippen LogP contribution in [0.4, 0.5) is 5.82 Å². The first kappa shape index (κ1) is 15.5. The lowest BCUT2D eigenvalue weighted by molar-refractivity contribution is 0.414. The topological polar surface area (TPSA) is 28.2 Å². The Balaban J connectivity index is 1.48. The molecular formula is C15H17Br2N3S. The summed E-state index contributed by atoms with van der Waals surface area (Å²) in [5.74, 6) is 1.10. The Bertz CT molecular complexity index is 560. The fourth-order valence-electron chi connectivity index (χ4n) is 2.58. The molecule has 1 saturated heterocycles. The molecule has 0 bridgehead atoms. The normalized spacial score (nSPS) is 16.4. The summed E-state index contributed by atoms with van der Waals surface area (Å²) in [7, 11) is 0. The molecule has 0 aliphatic carbocycles. The standard InChI is InChI=1S/C15H17Br2N3S/c16-13-9-12(21-15(13)17)10-19-11-4-7-20(8-5-11)14-3-1-2-6-18-14/h1-3,6,9,11,19H,4-5,7-8,10H2. The van der Waals surface area contributed by atoms with Crippen molar-refractivity contribution in [1.82, 2.24) is 10.3 Å². The lowest BCUT2D eigenvalue weighted by atomic mass is 10.1. The Hall–Kier alpha value is -0.430. The van der Waals surface area contributed by atoms with Gasteiger partial charge in [0.1, 0.15) is 5.82 Å². The van der Waals surface area contributed by atoms with Crippen molar-refractivity contribution >= 4 is 49.0 Å². The van der Waals surface area contributed by atoms with E-state index in [0.29, 0.717) is 6.04 Å². The maximum Gasteiger partial charge on any atom is 0.128 e. The van der Waals surface area contributed by atoms with Gasteiger partial charge in [0.15, 0.2) is 0 Å². The number of thiophene rings is 1. The van der Waals surface area contributed by atoms with Crippen molar-refractivity contribution in [2.24, 2.45) is 0 Å². The minimum atomic E-state index is 0.601. The van der Waals surface area contributed by atoms with Gasteiger partial charge in [0, 0.05) is 41.2 Å². The van der Waals surface area contributed by atoms with Crippen molar-refractivity contribution in [3.05, 3.63) is 43.6 Å². The third-order valence-electron chi connectivity index (χ3n) is 3.73. The van der Waals surface area contributed by atoms with Crippen LogP contribution in [0.3, 0.4) is 0 Å². The molecule has 1 fully saturated rings. The van der Waals surface area contributed by atoms with Crippen LogP contribution in [0, 0.1) is 0 Å². The van der Waals surface area contributed by atoms with Gasteiger partial charge in [-0.15, -0.1) is 11.3 Å². The molecule has 0 aromatic carbocycles. The van der Waals surface area contributed by atoms with Gasteiger partial charge in [-0.05, 0) is 62.9 Å². The fraction of sp³-hybridized carbons (Fsp3) is 0.400. The molecule has 112 valence electrons. The highest BCUT2D eigenvalue weighted by atomic mass is 79.9. The Kier molecular flexibility index (Phi) is 5.32. The van der Waals surface area contributed by atoms with Gasteiger partial charge in [-0.3, -0.25) is 0 Å². The third-order valence-corrected chi connectivity index (χ3v) is 6.99. The zero-order chi connectivity index (χ0) is 14.7. The van der Waals surface area contributed by atoms with E-state index in [1.807, 2.05) is 12.3 Å². The van der Waals surface area contributed by atoms with Crippen LogP contribution in [0.15, 0.2) is 38.7 Å². The summed E-state index contributed by atoms with van der Waals surface area (Å²) in [6.07, 6.45) is 4.21. The number of hydrogen-bond donors (Lipinski definition) is 1. The molecule has 0 radical (unpaired) electrons. The van der Waals surface area contributed by atoms with Gasteiger partial charge in [-0.2, -0.15) is 0 Å². The van der Waals surface area contributed by atoms with E-state index in [-0.39, 0.29) is 0 Å². The van der Waals surface area contributed by atoms with Crippen molar-refractivity contribution in [2.75, 3.05) is 18.0 Å². The van der Waals surface area contributed by atoms with Crippen LogP contribution in [-0.2, 0) is 6.54 Å². The van der Waals surface area contributed by atoms with Crippen molar-refractivity contribution in [3.8, 4) is 0 Å². The van der Waals surface area contributed by atoms with Gasteiger partial charge < -0.3 is 10.2 Å². The molecule has 1 aliphatic rings. The molecule has 3 rings (SSSR count). The molecule has 2 aromatic rings. The minimum absolute atomic E-state index is 0.601. The molecule has 0 amide bonds. The molecule has 1 aliphatic heterocycles. The van der Waals surface area contributed by atoms with Crippen molar-refractivity contribution in [3.63, 3.8) is 0 Å². The van der Waals surface area contributed by atoms with E-state index in [4.69, 9.17) is 0 Å². The predicted octanol–water partition coefficient (Wildman–Crippen LogP) is 4.43. The Labute approximate surface area is 146 Å². The Morgan fingerprint density at radius 1 is 1.29 bits per heavy atom. The van der Waals surface area contributed by atoms with Gasteiger partial charge in [0.2, 0.25) is 0 Å². The monoisotopic (exact) mass is 429 g/mol. The van der Waals surface area contributed by atoms with Gasteiger partial charge in [0.25, 0.3) is 0 Å². The van der Waals surface area contributed by atoms with Crippen molar-refractivity contribution in [1.29, 1.82) is 0 Å². The quantitative estimate of drug-likeness (QED) is 0.777. The van der Waals surface area contributed by atoms with E-state index >= 15 is 0 Å². The van der Waals surface area contributed by atoms with Crippen LogP contribution >= 0.6 is 43.2 Å². The predicted molar refractivity (Wildman–Crippen MR) is 96.0 cm³/mol. The summed E-state index contributed by atoms with van der Waals surface area (Å²) in [5.41, 5.74) is 0. The zero-order valence-electron chi connectivity index (χ0n) is 11.6. The number of rotatable bonds is 4. The summed E-state index contributed by atoms with van der Waals surface area (Å²) in [5, 5.41) is 3.67. The molecule has 1 N–H and O–H groups in total. The highest BCUT2D eigenvalue weighted by molar-refractivity contribution is 9.13. The van der Waals surface area contributed by atoms with E-state index in [1.165, 1.54) is 21.5 Å². The van der Waals surface area contributed by atoms with Gasteiger partial charge in [0.05, 0.1) is 3.79 Å². The Morgan fingerprint density at radius 3 is 2.71 bits per heavy atom. The second-order valence-electron chi connectivity index (χ2n) is 5.16. The summed E-state index contributed by atoms with van der Waals surface area (Å²) < 4.78 is 2.32. The maximum atomic E-state index is 4.43. The van der Waals surface area contributed by atoms with Crippen molar-refractivity contribution < 1.29 is 0 Å². The van der Waals surface area contributed by atoms with E-state index in [0.717, 1.165) is 29.9 Å². The number of hydrogen-bond acceptors (Lipinski definition) is 4. The maximum absolute atomic E-state index is 4.43. The van der Waals surface area contributed by atoms with E-state index < -0.39 is 0 Å². The van der Waals surface area contributed by atoms with Crippen molar-refractivity contribution in [2.45, 2.75) is 25.4 Å². The fourth-order valence-corrected chi connectivity index (χ4v) is 4.70. The van der Waals surface area contributed by atoms with Gasteiger partial charge >= 0.3 is 0 Å². The molecule has 3 nitrogen and oxygen atoms in total. The van der Waals surface area contributed by atoms with Crippen LogP contribution in [0.1, 0.15) is 17.7 Å². The van der Waals surface area contributed by atoms with Crippen LogP contribution < -0.4 is 10.2 Å². The van der Waals surface area contributed by atoms with Crippen LogP contribution in [0.25, 0.3) is 0 Å². The number of aromatic nitrogens is 1. The zero-order valence-corrected chi connectivity index (χ0v) is 15.5. The second kappa shape index (κ2) is 7.22. The molecule has 0 spiro atoms. The number of piperidine rings is 1. The average molecular weight is 431 g/mol. The molecule has 6 heteroatoms. The average Bonchev–Trinajstić information content (AvgIpc) is 2.85. The molecule has 21 heavy (non-hydrogen) atoms. The first-order valence-corrected chi connectivity index (χ1v) is 9.45. The van der Waals surface area contributed by atoms with Gasteiger partial charge in [-0.25, -0.2) is 4.98 Å². The van der Waals surface area contributed by atoms with Gasteiger partial charge in [-0.1, -0.05) is 6.07 Å². The SMILES string of the molecule is Brc1cc(CNC2CCN(c3ccccn3)CC2)sc1Br. The summed E-state index contributed by atoms with van der Waals surface area (Å²) in [6.45, 7) is 3.10. The highest BCUT2D eigenvalue weighted by Gasteiger charge is 2.19. The summed E-state index contributed by atoms with van der Waals surface area (Å²) in [6, 6.07) is 8.90. The lowest BCUT2D eigenvalue weighted by Crippen LogP contribution is -2.42. The number of halogens is 2. The molecular weight excluding hydrogens is 414 g/mol. The molecule has 0 saturated carbocycles.